The molecule has 0 atom stereocenters. The van der Waals surface area contributed by atoms with Crippen molar-refractivity contribution in [3.05, 3.63) is 42.2 Å². The molecule has 1 fully saturated rings. The lowest BCUT2D eigenvalue weighted by atomic mass is 10.2. The summed E-state index contributed by atoms with van der Waals surface area (Å²) in [6.45, 7) is 4.19. The van der Waals surface area contributed by atoms with Gasteiger partial charge in [0.1, 0.15) is 12.4 Å². The summed E-state index contributed by atoms with van der Waals surface area (Å²) in [6.07, 6.45) is 3.37. The van der Waals surface area contributed by atoms with E-state index in [-0.39, 0.29) is 0 Å². The number of nitrogens with zero attached hydrogens (tertiary/aromatic N) is 3. The molecular weight excluding hydrogens is 280 g/mol. The SMILES string of the molecule is COc1ccc(COc2nccnc2N2CCNCC2)cc1. The van der Waals surface area contributed by atoms with E-state index in [0.29, 0.717) is 12.5 Å². The van der Waals surface area contributed by atoms with Crippen LogP contribution < -0.4 is 19.7 Å². The molecule has 2 heterocycles. The molecule has 0 spiro atoms. The maximum atomic E-state index is 5.87. The lowest BCUT2D eigenvalue weighted by molar-refractivity contribution is 0.292. The van der Waals surface area contributed by atoms with E-state index in [1.54, 1.807) is 19.5 Å². The predicted octanol–water partition coefficient (Wildman–Crippen LogP) is 1.47. The number of ether oxygens (including phenoxy) is 2. The van der Waals surface area contributed by atoms with Crippen molar-refractivity contribution in [2.24, 2.45) is 0 Å². The fraction of sp³-hybridized carbons (Fsp3) is 0.375. The summed E-state index contributed by atoms with van der Waals surface area (Å²) < 4.78 is 11.0. The van der Waals surface area contributed by atoms with E-state index in [4.69, 9.17) is 9.47 Å². The third kappa shape index (κ3) is 3.46. The second kappa shape index (κ2) is 7.09. The van der Waals surface area contributed by atoms with Crippen LogP contribution in [0.1, 0.15) is 5.56 Å². The third-order valence-corrected chi connectivity index (χ3v) is 3.60. The molecule has 1 N–H and O–H groups in total. The number of piperazine rings is 1. The minimum Gasteiger partial charge on any atom is -0.497 e. The first-order valence-corrected chi connectivity index (χ1v) is 7.39. The Morgan fingerprint density at radius 3 is 2.55 bits per heavy atom. The van der Waals surface area contributed by atoms with Gasteiger partial charge in [0, 0.05) is 38.6 Å². The standard InChI is InChI=1S/C16H20N4O2/c1-21-14-4-2-13(3-5-14)12-22-16-15(18-6-7-19-16)20-10-8-17-9-11-20/h2-7,17H,8-12H2,1H3. The fourth-order valence-corrected chi connectivity index (χ4v) is 2.39. The lowest BCUT2D eigenvalue weighted by Crippen LogP contribution is -2.44. The highest BCUT2D eigenvalue weighted by atomic mass is 16.5. The largest absolute Gasteiger partial charge is 0.497 e. The summed E-state index contributed by atoms with van der Waals surface area (Å²) >= 11 is 0. The number of hydrogen-bond acceptors (Lipinski definition) is 6. The van der Waals surface area contributed by atoms with E-state index in [1.807, 2.05) is 24.3 Å². The van der Waals surface area contributed by atoms with Crippen LogP contribution in [0.2, 0.25) is 0 Å². The van der Waals surface area contributed by atoms with Gasteiger partial charge in [-0.15, -0.1) is 0 Å². The van der Waals surface area contributed by atoms with Crippen molar-refractivity contribution in [1.29, 1.82) is 0 Å². The molecule has 0 amide bonds. The van der Waals surface area contributed by atoms with Gasteiger partial charge >= 0.3 is 0 Å². The van der Waals surface area contributed by atoms with E-state index >= 15 is 0 Å². The smallest absolute Gasteiger partial charge is 0.257 e. The van der Waals surface area contributed by atoms with Crippen LogP contribution in [0.25, 0.3) is 0 Å². The molecule has 0 radical (unpaired) electrons. The molecule has 1 saturated heterocycles. The molecule has 6 nitrogen and oxygen atoms in total. The van der Waals surface area contributed by atoms with E-state index < -0.39 is 0 Å². The molecule has 6 heteroatoms. The van der Waals surface area contributed by atoms with Crippen LogP contribution in [-0.4, -0.2) is 43.3 Å². The number of nitrogens with one attached hydrogen (secondary N) is 1. The van der Waals surface area contributed by atoms with Crippen LogP contribution in [0.5, 0.6) is 11.6 Å². The Morgan fingerprint density at radius 1 is 1.09 bits per heavy atom. The quantitative estimate of drug-likeness (QED) is 0.902. The molecule has 3 rings (SSSR count). The molecular formula is C16H20N4O2. The van der Waals surface area contributed by atoms with Crippen LogP contribution in [0, 0.1) is 0 Å². The number of methoxy groups -OCH3 is 1. The monoisotopic (exact) mass is 300 g/mol. The zero-order valence-corrected chi connectivity index (χ0v) is 12.7. The van der Waals surface area contributed by atoms with E-state index in [1.165, 1.54) is 0 Å². The molecule has 116 valence electrons. The zero-order valence-electron chi connectivity index (χ0n) is 12.7. The molecule has 0 unspecified atom stereocenters. The summed E-state index contributed by atoms with van der Waals surface area (Å²) in [5.74, 6) is 2.24. The summed E-state index contributed by atoms with van der Waals surface area (Å²) in [5, 5.41) is 3.33. The minimum atomic E-state index is 0.460. The summed E-state index contributed by atoms with van der Waals surface area (Å²) in [7, 11) is 1.66. The lowest BCUT2D eigenvalue weighted by Gasteiger charge is -2.28. The molecule has 1 aliphatic heterocycles. The van der Waals surface area contributed by atoms with E-state index in [0.717, 1.165) is 43.3 Å². The summed E-state index contributed by atoms with van der Waals surface area (Å²) in [4.78, 5) is 11.0. The van der Waals surface area contributed by atoms with Crippen LogP contribution in [0.15, 0.2) is 36.7 Å². The Morgan fingerprint density at radius 2 is 1.82 bits per heavy atom. The van der Waals surface area contributed by atoms with Gasteiger partial charge in [-0.1, -0.05) is 12.1 Å². The molecule has 22 heavy (non-hydrogen) atoms. The van der Waals surface area contributed by atoms with Gasteiger partial charge in [0.2, 0.25) is 0 Å². The van der Waals surface area contributed by atoms with Crippen molar-refractivity contribution in [3.63, 3.8) is 0 Å². The number of anilines is 1. The van der Waals surface area contributed by atoms with Crippen LogP contribution in [0.3, 0.4) is 0 Å². The number of benzene rings is 1. The van der Waals surface area contributed by atoms with Crippen molar-refractivity contribution in [2.75, 3.05) is 38.2 Å². The highest BCUT2D eigenvalue weighted by molar-refractivity contribution is 5.48. The van der Waals surface area contributed by atoms with Crippen molar-refractivity contribution < 1.29 is 9.47 Å². The highest BCUT2D eigenvalue weighted by Crippen LogP contribution is 2.24. The highest BCUT2D eigenvalue weighted by Gasteiger charge is 2.17. The van der Waals surface area contributed by atoms with Crippen molar-refractivity contribution in [2.45, 2.75) is 6.61 Å². The molecule has 1 aromatic heterocycles. The molecule has 1 aliphatic rings. The van der Waals surface area contributed by atoms with Crippen LogP contribution >= 0.6 is 0 Å². The normalized spacial score (nSPS) is 14.7. The second-order valence-electron chi connectivity index (χ2n) is 5.06. The Balaban J connectivity index is 1.68. The van der Waals surface area contributed by atoms with Gasteiger partial charge in [-0.05, 0) is 17.7 Å². The molecule has 1 aromatic carbocycles. The van der Waals surface area contributed by atoms with Gasteiger partial charge in [0.15, 0.2) is 5.82 Å². The van der Waals surface area contributed by atoms with Crippen molar-refractivity contribution >= 4 is 5.82 Å². The van der Waals surface area contributed by atoms with Gasteiger partial charge in [-0.3, -0.25) is 0 Å². The average Bonchev–Trinajstić information content (AvgIpc) is 2.61. The minimum absolute atomic E-state index is 0.460. The summed E-state index contributed by atoms with van der Waals surface area (Å²) in [5.41, 5.74) is 1.07. The number of aromatic nitrogens is 2. The van der Waals surface area contributed by atoms with Crippen LogP contribution in [-0.2, 0) is 6.61 Å². The maximum Gasteiger partial charge on any atom is 0.257 e. The van der Waals surface area contributed by atoms with E-state index in [9.17, 15) is 0 Å². The Kier molecular flexibility index (Phi) is 4.70. The Labute approximate surface area is 130 Å². The number of hydrogen-bond donors (Lipinski definition) is 1. The first kappa shape index (κ1) is 14.6. The van der Waals surface area contributed by atoms with Gasteiger partial charge < -0.3 is 19.7 Å². The fourth-order valence-electron chi connectivity index (χ4n) is 2.39. The van der Waals surface area contributed by atoms with Gasteiger partial charge in [-0.25, -0.2) is 9.97 Å². The number of rotatable bonds is 5. The molecule has 0 bridgehead atoms. The zero-order chi connectivity index (χ0) is 15.2. The molecule has 2 aromatic rings. The third-order valence-electron chi connectivity index (χ3n) is 3.60. The second-order valence-corrected chi connectivity index (χ2v) is 5.06. The Hall–Kier alpha value is -2.34. The first-order valence-electron chi connectivity index (χ1n) is 7.39. The topological polar surface area (TPSA) is 59.5 Å². The predicted molar refractivity (Wildman–Crippen MR) is 84.4 cm³/mol. The summed E-state index contributed by atoms with van der Waals surface area (Å²) in [6, 6.07) is 7.82. The van der Waals surface area contributed by atoms with E-state index in [2.05, 4.69) is 20.2 Å². The van der Waals surface area contributed by atoms with Crippen LogP contribution in [0.4, 0.5) is 5.82 Å². The van der Waals surface area contributed by atoms with Crippen molar-refractivity contribution in [3.8, 4) is 11.6 Å². The molecule has 0 saturated carbocycles. The average molecular weight is 300 g/mol. The Bertz CT molecular complexity index is 597. The van der Waals surface area contributed by atoms with Gasteiger partial charge in [0.25, 0.3) is 5.88 Å². The van der Waals surface area contributed by atoms with Gasteiger partial charge in [0.05, 0.1) is 7.11 Å². The van der Waals surface area contributed by atoms with Crippen molar-refractivity contribution in [1.82, 2.24) is 15.3 Å². The maximum absolute atomic E-state index is 5.87. The first-order chi connectivity index (χ1) is 10.9. The molecule has 0 aliphatic carbocycles. The van der Waals surface area contributed by atoms with Gasteiger partial charge in [-0.2, -0.15) is 0 Å².